The number of hydrogen-bond acceptors (Lipinski definition) is 9. The molecule has 2 aromatic carbocycles. The molecule has 0 aliphatic carbocycles. The lowest BCUT2D eigenvalue weighted by atomic mass is 10.0. The van der Waals surface area contributed by atoms with Gasteiger partial charge in [0.25, 0.3) is 0 Å². The second-order valence-electron chi connectivity index (χ2n) is 5.34. The van der Waals surface area contributed by atoms with Crippen LogP contribution in [0.3, 0.4) is 0 Å². The highest BCUT2D eigenvalue weighted by Gasteiger charge is 2.17. The van der Waals surface area contributed by atoms with Crippen LogP contribution < -0.4 is 13.8 Å². The maximum Gasteiger partial charge on any atom is 0.446 e. The summed E-state index contributed by atoms with van der Waals surface area (Å²) in [5.41, 5.74) is -0.625. The van der Waals surface area contributed by atoms with Crippen LogP contribution in [-0.2, 0) is 20.8 Å². The van der Waals surface area contributed by atoms with E-state index in [1.54, 1.807) is 0 Å². The molecule has 0 unspecified atom stereocenters. The Morgan fingerprint density at radius 2 is 1.43 bits per heavy atom. The average molecular weight is 430 g/mol. The molecule has 0 radical (unpaired) electrons. The second kappa shape index (κ2) is 6.79. The predicted octanol–water partition coefficient (Wildman–Crippen LogP) is 1.53. The Hall–Kier alpha value is -3.13. The average Bonchev–Trinajstić information content (AvgIpc) is 2.52. The highest BCUT2D eigenvalue weighted by molar-refractivity contribution is 7.81. The van der Waals surface area contributed by atoms with Crippen LogP contribution in [0.2, 0.25) is 0 Å². The first-order chi connectivity index (χ1) is 12.9. The van der Waals surface area contributed by atoms with Crippen molar-refractivity contribution in [2.45, 2.75) is 0 Å². The van der Waals surface area contributed by atoms with E-state index in [0.29, 0.717) is 0 Å². The van der Waals surface area contributed by atoms with Crippen LogP contribution in [0.4, 0.5) is 0 Å². The summed E-state index contributed by atoms with van der Waals surface area (Å²) in [6, 6.07) is 6.76. The molecular weight excluding hydrogens is 420 g/mol. The predicted molar refractivity (Wildman–Crippen MR) is 93.9 cm³/mol. The number of fused-ring (bicyclic) bond motifs is 1. The third kappa shape index (κ3) is 4.40. The van der Waals surface area contributed by atoms with Crippen LogP contribution in [0.25, 0.3) is 22.1 Å². The Bertz CT molecular complexity index is 1320. The molecule has 0 aliphatic heterocycles. The quantitative estimate of drug-likeness (QED) is 0.500. The lowest BCUT2D eigenvalue weighted by Crippen LogP contribution is -2.08. The number of rotatable bonds is 5. The summed E-state index contributed by atoms with van der Waals surface area (Å²) in [7, 11) is -9.54. The highest BCUT2D eigenvalue weighted by Crippen LogP contribution is 2.31. The Morgan fingerprint density at radius 1 is 0.857 bits per heavy atom. The van der Waals surface area contributed by atoms with Crippen molar-refractivity contribution in [1.29, 1.82) is 0 Å². The number of phenols is 1. The zero-order chi connectivity index (χ0) is 20.7. The van der Waals surface area contributed by atoms with Crippen molar-refractivity contribution in [3.05, 3.63) is 52.9 Å². The van der Waals surface area contributed by atoms with Crippen molar-refractivity contribution in [3.8, 4) is 28.4 Å². The molecule has 11 nitrogen and oxygen atoms in total. The number of hydrogen-bond donors (Lipinski definition) is 3. The monoisotopic (exact) mass is 430 g/mol. The number of aromatic hydroxyl groups is 1. The van der Waals surface area contributed by atoms with Crippen LogP contribution in [0, 0.1) is 0 Å². The molecule has 0 saturated heterocycles. The number of benzene rings is 2. The van der Waals surface area contributed by atoms with E-state index in [4.69, 9.17) is 13.5 Å². The van der Waals surface area contributed by atoms with Crippen molar-refractivity contribution in [2.75, 3.05) is 0 Å². The summed E-state index contributed by atoms with van der Waals surface area (Å²) in [5.74, 6) is -1.33. The van der Waals surface area contributed by atoms with Crippen LogP contribution in [0.15, 0.2) is 51.9 Å². The lowest BCUT2D eigenvalue weighted by molar-refractivity contribution is 0.383. The maximum absolute atomic E-state index is 12.7. The molecule has 1 heterocycles. The molecule has 0 bridgehead atoms. The summed E-state index contributed by atoms with van der Waals surface area (Å²) in [4.78, 5) is 12.7. The fourth-order valence-corrected chi connectivity index (χ4v) is 3.08. The third-order valence-electron chi connectivity index (χ3n) is 3.40. The van der Waals surface area contributed by atoms with E-state index in [1.165, 1.54) is 24.3 Å². The van der Waals surface area contributed by atoms with Gasteiger partial charge in [-0.25, -0.2) is 0 Å². The van der Waals surface area contributed by atoms with Crippen LogP contribution in [-0.4, -0.2) is 31.0 Å². The van der Waals surface area contributed by atoms with Gasteiger partial charge in [0.15, 0.2) is 5.75 Å². The summed E-state index contributed by atoms with van der Waals surface area (Å²) < 4.78 is 74.0. The van der Waals surface area contributed by atoms with Crippen molar-refractivity contribution in [2.24, 2.45) is 0 Å². The summed E-state index contributed by atoms with van der Waals surface area (Å²) in [6.07, 6.45) is 1.03. The van der Waals surface area contributed by atoms with E-state index in [0.717, 1.165) is 18.4 Å². The Kier molecular flexibility index (Phi) is 4.76. The molecule has 0 spiro atoms. The van der Waals surface area contributed by atoms with Crippen molar-refractivity contribution < 1.29 is 43.8 Å². The molecule has 148 valence electrons. The van der Waals surface area contributed by atoms with E-state index in [2.05, 4.69) is 8.37 Å². The molecule has 0 fully saturated rings. The van der Waals surface area contributed by atoms with Gasteiger partial charge in [-0.3, -0.25) is 13.9 Å². The van der Waals surface area contributed by atoms with E-state index < -0.39 is 37.7 Å². The maximum atomic E-state index is 12.7. The van der Waals surface area contributed by atoms with E-state index >= 15 is 0 Å². The van der Waals surface area contributed by atoms with Crippen molar-refractivity contribution in [1.82, 2.24) is 0 Å². The minimum absolute atomic E-state index is 0.00958. The molecule has 3 rings (SSSR count). The zero-order valence-corrected chi connectivity index (χ0v) is 15.1. The van der Waals surface area contributed by atoms with Gasteiger partial charge in [-0.1, -0.05) is 12.1 Å². The van der Waals surface area contributed by atoms with Crippen LogP contribution in [0.1, 0.15) is 0 Å². The van der Waals surface area contributed by atoms with Gasteiger partial charge in [-0.05, 0) is 17.7 Å². The minimum atomic E-state index is -4.84. The highest BCUT2D eigenvalue weighted by atomic mass is 32.3. The van der Waals surface area contributed by atoms with Crippen LogP contribution >= 0.6 is 0 Å². The molecule has 13 heteroatoms. The fraction of sp³-hybridized carbons (Fsp3) is 0. The van der Waals surface area contributed by atoms with Crippen molar-refractivity contribution >= 4 is 31.8 Å². The Balaban J connectivity index is 2.06. The van der Waals surface area contributed by atoms with Gasteiger partial charge < -0.3 is 17.9 Å². The minimum Gasteiger partial charge on any atom is -0.507 e. The largest absolute Gasteiger partial charge is 0.507 e. The first kappa shape index (κ1) is 19.6. The molecule has 0 atom stereocenters. The second-order valence-corrected chi connectivity index (χ2v) is 7.38. The first-order valence-corrected chi connectivity index (χ1v) is 9.89. The normalized spacial score (nSPS) is 12.1. The molecule has 3 N–H and O–H groups in total. The standard InChI is InChI=1S/C15H10O11S2/c16-12-5-10(26-28(21,22)23)6-13-14(12)15(17)11(7-24-13)8-1-3-9(4-2-8)25-27(18,19)20/h1-7,16H,(H,18,19,20)(H,21,22,23). The van der Waals surface area contributed by atoms with Gasteiger partial charge in [0.05, 0.1) is 5.56 Å². The van der Waals surface area contributed by atoms with Gasteiger partial charge >= 0.3 is 20.8 Å². The molecule has 1 aromatic heterocycles. The zero-order valence-electron chi connectivity index (χ0n) is 13.5. The summed E-state index contributed by atoms with van der Waals surface area (Å²) in [5, 5.41) is 9.76. The fourth-order valence-electron chi connectivity index (χ4n) is 2.39. The lowest BCUT2D eigenvalue weighted by Gasteiger charge is -2.07. The SMILES string of the molecule is O=c1c(-c2ccc(OS(=O)(=O)O)cc2)coc2cc(OS(=O)(=O)O)cc(O)c12. The summed E-state index contributed by atoms with van der Waals surface area (Å²) in [6.45, 7) is 0. The van der Waals surface area contributed by atoms with Gasteiger partial charge in [0.2, 0.25) is 5.43 Å². The van der Waals surface area contributed by atoms with Crippen LogP contribution in [0.5, 0.6) is 17.2 Å². The summed E-state index contributed by atoms with van der Waals surface area (Å²) >= 11 is 0. The Morgan fingerprint density at radius 3 is 2.00 bits per heavy atom. The third-order valence-corrected chi connectivity index (χ3v) is 4.20. The first-order valence-electron chi connectivity index (χ1n) is 7.16. The number of phenolic OH excluding ortho intramolecular Hbond substituents is 1. The van der Waals surface area contributed by atoms with Gasteiger partial charge in [0, 0.05) is 12.1 Å². The van der Waals surface area contributed by atoms with Crippen molar-refractivity contribution in [3.63, 3.8) is 0 Å². The van der Waals surface area contributed by atoms with E-state index in [1.807, 2.05) is 0 Å². The van der Waals surface area contributed by atoms with Gasteiger partial charge in [-0.2, -0.15) is 16.8 Å². The molecular formula is C15H10O11S2. The molecule has 0 amide bonds. The smallest absolute Gasteiger partial charge is 0.446 e. The van der Waals surface area contributed by atoms with E-state index in [-0.39, 0.29) is 27.8 Å². The van der Waals surface area contributed by atoms with Gasteiger partial charge in [-0.15, -0.1) is 0 Å². The topological polar surface area (TPSA) is 178 Å². The molecule has 0 aliphatic rings. The Labute approximate surface area is 157 Å². The molecule has 0 saturated carbocycles. The van der Waals surface area contributed by atoms with E-state index in [9.17, 15) is 26.7 Å². The molecule has 28 heavy (non-hydrogen) atoms. The molecule has 3 aromatic rings. The van der Waals surface area contributed by atoms with Gasteiger partial charge in [0.1, 0.15) is 28.7 Å².